The van der Waals surface area contributed by atoms with Gasteiger partial charge in [0.15, 0.2) is 0 Å². The molecule has 0 spiro atoms. The van der Waals surface area contributed by atoms with E-state index in [-0.39, 0.29) is 6.03 Å². The zero-order valence-corrected chi connectivity index (χ0v) is 17.2. The van der Waals surface area contributed by atoms with Crippen molar-refractivity contribution in [3.63, 3.8) is 0 Å². The summed E-state index contributed by atoms with van der Waals surface area (Å²) in [5.41, 5.74) is 4.24. The Hall–Kier alpha value is -3.51. The van der Waals surface area contributed by atoms with Gasteiger partial charge in [0.05, 0.1) is 23.8 Å². The molecule has 3 aromatic carbocycles. The molecular formula is C23H21ClN4O2. The third kappa shape index (κ3) is 4.55. The molecule has 0 atom stereocenters. The van der Waals surface area contributed by atoms with Crippen molar-refractivity contribution >= 4 is 40.0 Å². The summed E-state index contributed by atoms with van der Waals surface area (Å²) in [5.74, 6) is 1.45. The van der Waals surface area contributed by atoms with E-state index in [1.165, 1.54) is 0 Å². The van der Waals surface area contributed by atoms with E-state index in [1.807, 2.05) is 48.5 Å². The highest BCUT2D eigenvalue weighted by Gasteiger charge is 2.11. The number of aromatic amines is 1. The number of ether oxygens (including phenoxy) is 1. The molecule has 0 radical (unpaired) electrons. The summed E-state index contributed by atoms with van der Waals surface area (Å²) in [7, 11) is 1.54. The fourth-order valence-electron chi connectivity index (χ4n) is 3.29. The number of benzene rings is 3. The van der Waals surface area contributed by atoms with E-state index in [0.717, 1.165) is 41.0 Å². The number of nitrogens with one attached hydrogen (secondary N) is 3. The number of anilines is 2. The molecule has 0 unspecified atom stereocenters. The van der Waals surface area contributed by atoms with Crippen LogP contribution in [0.25, 0.3) is 11.0 Å². The number of imidazole rings is 1. The van der Waals surface area contributed by atoms with Crippen molar-refractivity contribution in [2.24, 2.45) is 0 Å². The van der Waals surface area contributed by atoms with Crippen LogP contribution >= 0.6 is 11.6 Å². The molecule has 1 aromatic heterocycles. The maximum absolute atomic E-state index is 12.6. The van der Waals surface area contributed by atoms with Crippen LogP contribution in [0.3, 0.4) is 0 Å². The van der Waals surface area contributed by atoms with Gasteiger partial charge in [0.2, 0.25) is 0 Å². The SMILES string of the molecule is COc1ccc(Cl)cc1NC(=O)Nc1ccccc1CCc1nc2ccccc2[nH]1. The Kier molecular flexibility index (Phi) is 5.86. The van der Waals surface area contributed by atoms with Gasteiger partial charge in [-0.25, -0.2) is 9.78 Å². The van der Waals surface area contributed by atoms with Crippen LogP contribution in [0.1, 0.15) is 11.4 Å². The summed E-state index contributed by atoms with van der Waals surface area (Å²) in [6, 6.07) is 20.4. The van der Waals surface area contributed by atoms with Crippen molar-refractivity contribution in [2.75, 3.05) is 17.7 Å². The van der Waals surface area contributed by atoms with Gasteiger partial charge in [0.1, 0.15) is 11.6 Å². The first-order chi connectivity index (χ1) is 14.6. The van der Waals surface area contributed by atoms with E-state index in [0.29, 0.717) is 16.5 Å². The van der Waals surface area contributed by atoms with Gasteiger partial charge in [0.25, 0.3) is 0 Å². The van der Waals surface area contributed by atoms with Crippen molar-refractivity contribution in [1.29, 1.82) is 0 Å². The zero-order chi connectivity index (χ0) is 20.9. The van der Waals surface area contributed by atoms with E-state index in [9.17, 15) is 4.79 Å². The second-order valence-corrected chi connectivity index (χ2v) is 7.22. The third-order valence-corrected chi connectivity index (χ3v) is 4.98. The number of aromatic nitrogens is 2. The molecule has 0 aliphatic carbocycles. The number of urea groups is 1. The maximum Gasteiger partial charge on any atom is 0.323 e. The molecule has 0 saturated carbocycles. The van der Waals surface area contributed by atoms with E-state index >= 15 is 0 Å². The molecule has 30 heavy (non-hydrogen) atoms. The second-order valence-electron chi connectivity index (χ2n) is 6.78. The van der Waals surface area contributed by atoms with Crippen molar-refractivity contribution in [2.45, 2.75) is 12.8 Å². The summed E-state index contributed by atoms with van der Waals surface area (Å²) in [4.78, 5) is 20.5. The first-order valence-electron chi connectivity index (χ1n) is 9.55. The molecule has 1 heterocycles. The largest absolute Gasteiger partial charge is 0.495 e. The van der Waals surface area contributed by atoms with Gasteiger partial charge in [-0.1, -0.05) is 41.9 Å². The molecule has 0 fully saturated rings. The van der Waals surface area contributed by atoms with Crippen LogP contribution in [0.2, 0.25) is 5.02 Å². The Balaban J connectivity index is 1.45. The van der Waals surface area contributed by atoms with Crippen LogP contribution in [0.15, 0.2) is 66.7 Å². The zero-order valence-electron chi connectivity index (χ0n) is 16.4. The number of methoxy groups -OCH3 is 1. The number of para-hydroxylation sites is 3. The molecule has 3 N–H and O–H groups in total. The summed E-state index contributed by atoms with van der Waals surface area (Å²) >= 11 is 6.04. The monoisotopic (exact) mass is 420 g/mol. The lowest BCUT2D eigenvalue weighted by Gasteiger charge is -2.13. The topological polar surface area (TPSA) is 79.0 Å². The third-order valence-electron chi connectivity index (χ3n) is 4.74. The number of amides is 2. The molecule has 0 aliphatic heterocycles. The standard InChI is InChI=1S/C23H21ClN4O2/c1-30-21-12-11-16(24)14-20(21)28-23(29)27-17-7-3-2-6-15(17)10-13-22-25-18-8-4-5-9-19(18)26-22/h2-9,11-12,14H,10,13H2,1H3,(H,25,26)(H2,27,28,29). The quantitative estimate of drug-likeness (QED) is 0.377. The van der Waals surface area contributed by atoms with Crippen LogP contribution in [0, 0.1) is 0 Å². The Morgan fingerprint density at radius 1 is 1.00 bits per heavy atom. The first-order valence-corrected chi connectivity index (χ1v) is 9.93. The highest BCUT2D eigenvalue weighted by Crippen LogP contribution is 2.28. The summed E-state index contributed by atoms with van der Waals surface area (Å²) < 4.78 is 5.28. The van der Waals surface area contributed by atoms with Crippen molar-refractivity contribution in [1.82, 2.24) is 9.97 Å². The molecule has 4 rings (SSSR count). The van der Waals surface area contributed by atoms with Crippen molar-refractivity contribution < 1.29 is 9.53 Å². The highest BCUT2D eigenvalue weighted by atomic mass is 35.5. The first kappa shape index (κ1) is 19.8. The predicted octanol–water partition coefficient (Wildman–Crippen LogP) is 5.65. The highest BCUT2D eigenvalue weighted by molar-refractivity contribution is 6.31. The number of halogens is 1. The Morgan fingerprint density at radius 3 is 2.60 bits per heavy atom. The molecular weight excluding hydrogens is 400 g/mol. The maximum atomic E-state index is 12.6. The summed E-state index contributed by atoms with van der Waals surface area (Å²) in [5, 5.41) is 6.22. The van der Waals surface area contributed by atoms with Gasteiger partial charge in [-0.05, 0) is 48.4 Å². The molecule has 0 saturated heterocycles. The fraction of sp³-hybridized carbons (Fsp3) is 0.130. The van der Waals surface area contributed by atoms with Crippen LogP contribution in [0.5, 0.6) is 5.75 Å². The number of carbonyl (C=O) groups is 1. The normalized spacial score (nSPS) is 10.7. The van der Waals surface area contributed by atoms with Crippen molar-refractivity contribution in [3.8, 4) is 5.75 Å². The number of carbonyl (C=O) groups excluding carboxylic acids is 1. The Bertz CT molecular complexity index is 1160. The predicted molar refractivity (Wildman–Crippen MR) is 121 cm³/mol. The number of nitrogens with zero attached hydrogens (tertiary/aromatic N) is 1. The van der Waals surface area contributed by atoms with E-state index < -0.39 is 0 Å². The van der Waals surface area contributed by atoms with E-state index in [2.05, 4.69) is 20.6 Å². The average molecular weight is 421 g/mol. The number of hydrogen-bond acceptors (Lipinski definition) is 3. The minimum Gasteiger partial charge on any atom is -0.495 e. The van der Waals surface area contributed by atoms with E-state index in [1.54, 1.807) is 25.3 Å². The number of H-pyrrole nitrogens is 1. The van der Waals surface area contributed by atoms with Gasteiger partial charge in [-0.15, -0.1) is 0 Å². The van der Waals surface area contributed by atoms with E-state index in [4.69, 9.17) is 16.3 Å². The Morgan fingerprint density at radius 2 is 1.77 bits per heavy atom. The number of fused-ring (bicyclic) bond motifs is 1. The lowest BCUT2D eigenvalue weighted by atomic mass is 10.1. The van der Waals surface area contributed by atoms with Gasteiger partial charge >= 0.3 is 6.03 Å². The van der Waals surface area contributed by atoms with Gasteiger partial charge in [0, 0.05) is 17.1 Å². The minimum absolute atomic E-state index is 0.369. The van der Waals surface area contributed by atoms with Crippen LogP contribution < -0.4 is 15.4 Å². The lowest BCUT2D eigenvalue weighted by molar-refractivity contribution is 0.262. The molecule has 0 bridgehead atoms. The second kappa shape index (κ2) is 8.88. The van der Waals surface area contributed by atoms with Crippen LogP contribution in [-0.2, 0) is 12.8 Å². The smallest absolute Gasteiger partial charge is 0.323 e. The molecule has 6 nitrogen and oxygen atoms in total. The summed E-state index contributed by atoms with van der Waals surface area (Å²) in [6.45, 7) is 0. The molecule has 2 amide bonds. The Labute approximate surface area is 179 Å². The van der Waals surface area contributed by atoms with Crippen molar-refractivity contribution in [3.05, 3.63) is 83.1 Å². The lowest BCUT2D eigenvalue weighted by Crippen LogP contribution is -2.20. The van der Waals surface area contributed by atoms with Crippen LogP contribution in [-0.4, -0.2) is 23.1 Å². The van der Waals surface area contributed by atoms with Crippen LogP contribution in [0.4, 0.5) is 16.2 Å². The van der Waals surface area contributed by atoms with Gasteiger partial charge in [-0.2, -0.15) is 0 Å². The minimum atomic E-state index is -0.369. The molecule has 0 aliphatic rings. The molecule has 4 aromatic rings. The number of aryl methyl sites for hydroxylation is 2. The number of hydrogen-bond donors (Lipinski definition) is 3. The van der Waals surface area contributed by atoms with Gasteiger partial charge < -0.3 is 20.4 Å². The molecule has 152 valence electrons. The fourth-order valence-corrected chi connectivity index (χ4v) is 3.46. The van der Waals surface area contributed by atoms with Gasteiger partial charge in [-0.3, -0.25) is 0 Å². The molecule has 7 heteroatoms. The number of rotatable bonds is 6. The summed E-state index contributed by atoms with van der Waals surface area (Å²) in [6.07, 6.45) is 1.47. The average Bonchev–Trinajstić information content (AvgIpc) is 3.16.